The first-order valence-corrected chi connectivity index (χ1v) is 17.3. The van der Waals surface area contributed by atoms with Crippen LogP contribution in [0.5, 0.6) is 11.8 Å². The zero-order valence-electron chi connectivity index (χ0n) is 29.0. The minimum Gasteiger partial charge on any atom is -0.508 e. The van der Waals surface area contributed by atoms with Crippen molar-refractivity contribution in [2.75, 3.05) is 31.1 Å². The van der Waals surface area contributed by atoms with Gasteiger partial charge in [-0.15, -0.1) is 6.42 Å². The first-order chi connectivity index (χ1) is 25.6. The number of amides is 1. The molecule has 7 rings (SSSR count). The summed E-state index contributed by atoms with van der Waals surface area (Å²) in [5.41, 5.74) is -0.364. The van der Waals surface area contributed by atoms with Crippen molar-refractivity contribution in [3.05, 3.63) is 84.6 Å². The van der Waals surface area contributed by atoms with Crippen LogP contribution in [-0.4, -0.2) is 84.8 Å². The Morgan fingerprint density at radius 2 is 2.00 bits per heavy atom. The Balaban J connectivity index is 1.33. The molecule has 0 saturated carbocycles. The second-order valence-corrected chi connectivity index (χ2v) is 13.7. The monoisotopic (exact) mass is 722 g/mol. The highest BCUT2D eigenvalue weighted by atomic mass is 19.1. The van der Waals surface area contributed by atoms with Gasteiger partial charge in [0.05, 0.1) is 16.5 Å². The van der Waals surface area contributed by atoms with Crippen LogP contribution in [0, 0.1) is 24.0 Å². The maximum absolute atomic E-state index is 17.0. The topological polar surface area (TPSA) is 129 Å². The maximum atomic E-state index is 17.0. The molecule has 2 fully saturated rings. The van der Waals surface area contributed by atoms with Crippen LogP contribution in [0.25, 0.3) is 32.9 Å². The van der Waals surface area contributed by atoms with E-state index in [4.69, 9.17) is 16.1 Å². The Bertz CT molecular complexity index is 2250. The van der Waals surface area contributed by atoms with Crippen LogP contribution in [0.15, 0.2) is 61.8 Å². The molecule has 3 aromatic heterocycles. The first kappa shape index (κ1) is 35.6. The molecule has 272 valence electrons. The number of aromatic nitrogens is 5. The molecule has 2 aliphatic rings. The van der Waals surface area contributed by atoms with Crippen LogP contribution < -0.4 is 15.0 Å². The average molecular weight is 723 g/mol. The van der Waals surface area contributed by atoms with Crippen LogP contribution in [0.4, 0.5) is 19.0 Å². The molecule has 5 aromatic rings. The van der Waals surface area contributed by atoms with Crippen molar-refractivity contribution in [2.45, 2.75) is 56.9 Å². The van der Waals surface area contributed by atoms with Crippen molar-refractivity contribution in [1.82, 2.24) is 35.1 Å². The molecule has 0 spiro atoms. The fraction of sp³-hybridized carbons (Fsp3) is 0.333. The highest BCUT2D eigenvalue weighted by Gasteiger charge is 2.43. The summed E-state index contributed by atoms with van der Waals surface area (Å²) >= 11 is 0. The number of halogens is 3. The summed E-state index contributed by atoms with van der Waals surface area (Å²) in [6, 6.07) is 4.92. The number of carbonyl (C=O) groups is 1. The van der Waals surface area contributed by atoms with Crippen molar-refractivity contribution in [3.63, 3.8) is 0 Å². The number of ether oxygens (including phenoxy) is 1. The van der Waals surface area contributed by atoms with Gasteiger partial charge in [0.2, 0.25) is 5.91 Å². The van der Waals surface area contributed by atoms with Crippen molar-refractivity contribution in [2.24, 2.45) is 0 Å². The molecule has 1 amide bonds. The van der Waals surface area contributed by atoms with E-state index in [0.29, 0.717) is 37.3 Å². The predicted molar refractivity (Wildman–Crippen MR) is 194 cm³/mol. The number of likely N-dealkylation sites (tertiary alicyclic amines) is 1. The number of nitrogens with zero attached hydrogens (tertiary/aromatic N) is 7. The van der Waals surface area contributed by atoms with E-state index in [9.17, 15) is 18.7 Å². The highest BCUT2D eigenvalue weighted by molar-refractivity contribution is 6.03. The Hall–Kier alpha value is -5.81. The highest BCUT2D eigenvalue weighted by Crippen LogP contribution is 2.39. The summed E-state index contributed by atoms with van der Waals surface area (Å²) < 4.78 is 53.2. The van der Waals surface area contributed by atoms with Gasteiger partial charge in [0.25, 0.3) is 0 Å². The number of carbonyl (C=O) groups excluding carboxylic acids is 1. The zero-order valence-corrected chi connectivity index (χ0v) is 29.0. The number of pyridine rings is 1. The molecule has 11 nitrogen and oxygen atoms in total. The summed E-state index contributed by atoms with van der Waals surface area (Å²) in [5, 5.41) is 14.4. The second-order valence-electron chi connectivity index (χ2n) is 13.7. The van der Waals surface area contributed by atoms with E-state index in [1.165, 1.54) is 42.9 Å². The lowest BCUT2D eigenvalue weighted by atomic mass is 9.96. The number of phenolic OH excluding ortho intramolecular Hbond substituents is 1. The largest absolute Gasteiger partial charge is 0.508 e. The summed E-state index contributed by atoms with van der Waals surface area (Å²) in [5.74, 6) is 0.616. The van der Waals surface area contributed by atoms with Gasteiger partial charge in [0, 0.05) is 73.7 Å². The van der Waals surface area contributed by atoms with Crippen molar-refractivity contribution in [3.8, 4) is 35.4 Å². The third-order valence-electron chi connectivity index (χ3n) is 9.94. The molecule has 0 radical (unpaired) electrons. The lowest BCUT2D eigenvalue weighted by Gasteiger charge is -2.34. The number of anilines is 1. The zero-order chi connectivity index (χ0) is 37.3. The lowest BCUT2D eigenvalue weighted by Crippen LogP contribution is -2.45. The van der Waals surface area contributed by atoms with Gasteiger partial charge < -0.3 is 20.1 Å². The minimum absolute atomic E-state index is 0.0222. The average Bonchev–Trinajstić information content (AvgIpc) is 3.27. The number of benzene rings is 2. The number of nitrogens with one attached hydrogen (secondary N) is 1. The van der Waals surface area contributed by atoms with Gasteiger partial charge in [0.15, 0.2) is 5.82 Å². The molecule has 2 N–H and O–H groups in total. The van der Waals surface area contributed by atoms with E-state index >= 15 is 4.39 Å². The molecular formula is C39H37F3N8O3. The predicted octanol–water partition coefficient (Wildman–Crippen LogP) is 5.64. The normalized spacial score (nSPS) is 20.6. The smallest absolute Gasteiger partial charge is 0.319 e. The molecule has 1 unspecified atom stereocenters. The Kier molecular flexibility index (Phi) is 9.85. The number of phenols is 1. The summed E-state index contributed by atoms with van der Waals surface area (Å²) in [6.45, 7) is 6.87. The van der Waals surface area contributed by atoms with E-state index in [1.807, 2.05) is 16.7 Å². The van der Waals surface area contributed by atoms with Gasteiger partial charge in [-0.3, -0.25) is 14.7 Å². The fourth-order valence-corrected chi connectivity index (χ4v) is 7.37. The third-order valence-corrected chi connectivity index (χ3v) is 9.94. The van der Waals surface area contributed by atoms with Crippen molar-refractivity contribution < 1.29 is 27.8 Å². The molecule has 0 aliphatic carbocycles. The summed E-state index contributed by atoms with van der Waals surface area (Å²) in [7, 11) is 0. The van der Waals surface area contributed by atoms with E-state index in [1.54, 1.807) is 12.4 Å². The molecule has 14 heteroatoms. The van der Waals surface area contributed by atoms with Gasteiger partial charge in [-0.2, -0.15) is 9.97 Å². The van der Waals surface area contributed by atoms with Gasteiger partial charge in [0.1, 0.15) is 47.7 Å². The Labute approximate surface area is 304 Å². The van der Waals surface area contributed by atoms with E-state index in [0.717, 1.165) is 18.4 Å². The minimum atomic E-state index is -1.11. The van der Waals surface area contributed by atoms with Crippen molar-refractivity contribution in [1.29, 1.82) is 0 Å². The number of aromatic hydroxyl groups is 1. The standard InChI is InChI=1S/C39H37F3N8O3/c1-4-28-31(41)10-9-24-12-27(51)13-29(33(24)28)35-34(42)36-30(17-45-35)37(49-11-7-6-8-26(20-49)46-32(52)5-2)48-38(47-36)53-21-39(3)14-25(40)19-50(39)18-23-15-43-22-44-16-23/h1,5,9-10,12-13,15-17,22,25-26,51H,2,6-8,11,14,18-21H2,3H3,(H,46,52)/t25-,26?,39+/m1/s1. The van der Waals surface area contributed by atoms with Gasteiger partial charge in [-0.1, -0.05) is 18.6 Å². The van der Waals surface area contributed by atoms with E-state index in [-0.39, 0.29) is 76.4 Å². The van der Waals surface area contributed by atoms with Crippen LogP contribution in [0.1, 0.15) is 43.7 Å². The van der Waals surface area contributed by atoms with Gasteiger partial charge in [-0.25, -0.2) is 23.1 Å². The van der Waals surface area contributed by atoms with Crippen molar-refractivity contribution >= 4 is 33.4 Å². The summed E-state index contributed by atoms with van der Waals surface area (Å²) in [6.07, 6.45) is 14.5. The lowest BCUT2D eigenvalue weighted by molar-refractivity contribution is -0.117. The fourth-order valence-electron chi connectivity index (χ4n) is 7.37. The number of rotatable bonds is 9. The molecule has 2 aliphatic heterocycles. The SMILES string of the molecule is C#Cc1c(F)ccc2cc(O)cc(-c3ncc4c(N5CCCCC(NC(=O)C=C)C5)nc(OC[C@]5(C)C[C@@H](F)CN5Cc5cncnc5)nc4c3F)c12. The molecule has 2 saturated heterocycles. The van der Waals surface area contributed by atoms with Crippen LogP contribution in [-0.2, 0) is 11.3 Å². The quantitative estimate of drug-likeness (QED) is 0.146. The molecular weight excluding hydrogens is 685 g/mol. The van der Waals surface area contributed by atoms with Crippen LogP contribution in [0.2, 0.25) is 0 Å². The third kappa shape index (κ3) is 7.17. The van der Waals surface area contributed by atoms with Crippen LogP contribution >= 0.6 is 0 Å². The molecule has 53 heavy (non-hydrogen) atoms. The Morgan fingerprint density at radius 3 is 2.77 bits per heavy atom. The molecule has 5 heterocycles. The number of hydrogen-bond donors (Lipinski definition) is 2. The molecule has 0 bridgehead atoms. The number of terminal acetylenes is 1. The summed E-state index contributed by atoms with van der Waals surface area (Å²) in [4.78, 5) is 38.1. The number of hydrogen-bond acceptors (Lipinski definition) is 10. The first-order valence-electron chi connectivity index (χ1n) is 17.3. The molecule has 3 atom stereocenters. The maximum Gasteiger partial charge on any atom is 0.319 e. The van der Waals surface area contributed by atoms with E-state index in [2.05, 4.69) is 37.8 Å². The Morgan fingerprint density at radius 1 is 1.19 bits per heavy atom. The second kappa shape index (κ2) is 14.7. The number of alkyl halides is 1. The van der Waals surface area contributed by atoms with Gasteiger partial charge in [-0.05, 0) is 55.8 Å². The molecule has 2 aromatic carbocycles. The van der Waals surface area contributed by atoms with E-state index < -0.39 is 23.3 Å². The van der Waals surface area contributed by atoms with Crippen LogP contribution in [0.3, 0.4) is 0 Å². The van der Waals surface area contributed by atoms with Gasteiger partial charge >= 0.3 is 6.01 Å². The number of fused-ring (bicyclic) bond motifs is 2.